The number of hydrogen-bond donors (Lipinski definition) is 0. The molecule has 0 unspecified atom stereocenters. The van der Waals surface area contributed by atoms with Gasteiger partial charge in [-0.1, -0.05) is 77.2 Å². The van der Waals surface area contributed by atoms with E-state index in [2.05, 4.69) is 78.0 Å². The maximum atomic E-state index is 6.25. The number of thioether (sulfide) groups is 2. The largest absolute Gasteiger partial charge is 0.465 e. The van der Waals surface area contributed by atoms with Crippen LogP contribution in [0.25, 0.3) is 0 Å². The summed E-state index contributed by atoms with van der Waals surface area (Å²) < 4.78 is 7.60. The number of hydrogen-bond acceptors (Lipinski definition) is 3. The summed E-state index contributed by atoms with van der Waals surface area (Å²) >= 11 is 3.73. The van der Waals surface area contributed by atoms with Crippen LogP contribution < -0.4 is 0 Å². The summed E-state index contributed by atoms with van der Waals surface area (Å²) in [5.74, 6) is 2.09. The minimum atomic E-state index is -0.00262. The topological polar surface area (TPSA) is 9.23 Å². The highest BCUT2D eigenvalue weighted by atomic mass is 32.2. The van der Waals surface area contributed by atoms with Gasteiger partial charge in [-0.05, 0) is 24.3 Å². The smallest absolute Gasteiger partial charge is 0.110 e. The van der Waals surface area contributed by atoms with Crippen LogP contribution in [0, 0.1) is 10.8 Å². The highest BCUT2D eigenvalue weighted by Crippen LogP contribution is 2.53. The van der Waals surface area contributed by atoms with Crippen LogP contribution in [0.15, 0.2) is 67.5 Å². The number of fused-ring (bicyclic) bond motifs is 1. The second-order valence-electron chi connectivity index (χ2n) is 8.01. The molecule has 1 aromatic carbocycles. The van der Waals surface area contributed by atoms with E-state index in [1.807, 2.05) is 23.5 Å². The van der Waals surface area contributed by atoms with E-state index in [9.17, 15) is 0 Å². The van der Waals surface area contributed by atoms with Gasteiger partial charge in [0.2, 0.25) is 0 Å². The number of benzene rings is 1. The average Bonchev–Trinajstić information content (AvgIpc) is 2.89. The second kappa shape index (κ2) is 5.78. The molecule has 0 fully saturated rings. The fourth-order valence-electron chi connectivity index (χ4n) is 2.32. The standard InChI is InChI=1S/C20H24OS2/c1-19(2,3)16-11-13(12-17(21-16)20(4,5)6)18-22-14-9-7-8-10-15(14)23-18/h7-12H,1-6H3. The molecule has 0 amide bonds. The molecule has 2 aliphatic heterocycles. The predicted molar refractivity (Wildman–Crippen MR) is 101 cm³/mol. The van der Waals surface area contributed by atoms with Crippen molar-refractivity contribution in [3.63, 3.8) is 0 Å². The molecule has 0 aromatic heterocycles. The molecule has 0 radical (unpaired) electrons. The highest BCUT2D eigenvalue weighted by Gasteiger charge is 2.30. The first kappa shape index (κ1) is 16.8. The van der Waals surface area contributed by atoms with E-state index in [0.717, 1.165) is 11.5 Å². The zero-order chi connectivity index (χ0) is 16.8. The molecule has 0 saturated heterocycles. The number of ether oxygens (including phenoxy) is 1. The summed E-state index contributed by atoms with van der Waals surface area (Å²) in [5.41, 5.74) is 1.27. The summed E-state index contributed by atoms with van der Waals surface area (Å²) in [6.45, 7) is 13.2. The van der Waals surface area contributed by atoms with Crippen LogP contribution >= 0.6 is 23.5 Å². The van der Waals surface area contributed by atoms with E-state index in [-0.39, 0.29) is 10.8 Å². The lowest BCUT2D eigenvalue weighted by Gasteiger charge is -2.33. The van der Waals surface area contributed by atoms with Crippen molar-refractivity contribution < 1.29 is 4.74 Å². The van der Waals surface area contributed by atoms with Crippen molar-refractivity contribution in [2.45, 2.75) is 51.3 Å². The molecule has 122 valence electrons. The Balaban J connectivity index is 2.06. The van der Waals surface area contributed by atoms with Gasteiger partial charge in [-0.3, -0.25) is 0 Å². The highest BCUT2D eigenvalue weighted by molar-refractivity contribution is 8.24. The van der Waals surface area contributed by atoms with Gasteiger partial charge >= 0.3 is 0 Å². The van der Waals surface area contributed by atoms with Crippen LogP contribution in [0.2, 0.25) is 0 Å². The van der Waals surface area contributed by atoms with E-state index in [1.54, 1.807) is 0 Å². The Kier molecular flexibility index (Phi) is 4.22. The Morgan fingerprint density at radius 3 is 1.57 bits per heavy atom. The first-order chi connectivity index (χ1) is 10.6. The van der Waals surface area contributed by atoms with E-state index in [1.165, 1.54) is 19.6 Å². The third-order valence-electron chi connectivity index (χ3n) is 3.76. The van der Waals surface area contributed by atoms with E-state index < -0.39 is 0 Å². The molecular weight excluding hydrogens is 320 g/mol. The van der Waals surface area contributed by atoms with Gasteiger partial charge in [-0.25, -0.2) is 0 Å². The average molecular weight is 345 g/mol. The zero-order valence-corrected chi connectivity index (χ0v) is 16.3. The Morgan fingerprint density at radius 2 is 1.17 bits per heavy atom. The van der Waals surface area contributed by atoms with Gasteiger partial charge < -0.3 is 4.74 Å². The van der Waals surface area contributed by atoms with Gasteiger partial charge in [0, 0.05) is 26.2 Å². The normalized spacial score (nSPS) is 18.3. The van der Waals surface area contributed by atoms with Crippen LogP contribution in [0.3, 0.4) is 0 Å². The minimum Gasteiger partial charge on any atom is -0.465 e. The van der Waals surface area contributed by atoms with Crippen LogP contribution in [-0.2, 0) is 4.74 Å². The Labute approximate surface area is 148 Å². The van der Waals surface area contributed by atoms with Crippen molar-refractivity contribution in [3.8, 4) is 0 Å². The van der Waals surface area contributed by atoms with Gasteiger partial charge in [-0.2, -0.15) is 0 Å². The molecule has 1 nitrogen and oxygen atoms in total. The van der Waals surface area contributed by atoms with Gasteiger partial charge in [0.15, 0.2) is 0 Å². The molecule has 0 aliphatic carbocycles. The van der Waals surface area contributed by atoms with Crippen molar-refractivity contribution >= 4 is 23.5 Å². The monoisotopic (exact) mass is 344 g/mol. The molecule has 3 rings (SSSR count). The summed E-state index contributed by atoms with van der Waals surface area (Å²) in [6.07, 6.45) is 4.44. The molecule has 23 heavy (non-hydrogen) atoms. The molecule has 3 heteroatoms. The first-order valence-corrected chi connectivity index (χ1v) is 9.59. The van der Waals surface area contributed by atoms with Crippen molar-refractivity contribution in [2.75, 3.05) is 0 Å². The molecule has 2 aliphatic rings. The van der Waals surface area contributed by atoms with Crippen molar-refractivity contribution in [1.82, 2.24) is 0 Å². The van der Waals surface area contributed by atoms with Crippen molar-refractivity contribution in [2.24, 2.45) is 10.8 Å². The van der Waals surface area contributed by atoms with Crippen LogP contribution in [0.1, 0.15) is 41.5 Å². The van der Waals surface area contributed by atoms with E-state index >= 15 is 0 Å². The van der Waals surface area contributed by atoms with Crippen LogP contribution in [0.4, 0.5) is 0 Å². The Bertz CT molecular complexity index is 666. The molecule has 0 atom stereocenters. The van der Waals surface area contributed by atoms with Gasteiger partial charge in [-0.15, -0.1) is 0 Å². The van der Waals surface area contributed by atoms with E-state index in [0.29, 0.717) is 0 Å². The second-order valence-corrected chi connectivity index (χ2v) is 10.4. The maximum absolute atomic E-state index is 6.25. The molecular formula is C20H24OS2. The fraction of sp³-hybridized carbons (Fsp3) is 0.400. The zero-order valence-electron chi connectivity index (χ0n) is 14.7. The Hall–Kier alpha value is -1.06. The van der Waals surface area contributed by atoms with E-state index in [4.69, 9.17) is 4.74 Å². The summed E-state index contributed by atoms with van der Waals surface area (Å²) in [4.78, 5) is 2.70. The third kappa shape index (κ3) is 3.56. The van der Waals surface area contributed by atoms with Crippen LogP contribution in [-0.4, -0.2) is 0 Å². The molecule has 0 bridgehead atoms. The maximum Gasteiger partial charge on any atom is 0.110 e. The lowest BCUT2D eigenvalue weighted by molar-refractivity contribution is 0.161. The fourth-order valence-corrected chi connectivity index (χ4v) is 4.77. The summed E-state index contributed by atoms with van der Waals surface area (Å²) in [7, 11) is 0. The van der Waals surface area contributed by atoms with Gasteiger partial charge in [0.05, 0.1) is 4.24 Å². The number of allylic oxidation sites excluding steroid dienone is 5. The lowest BCUT2D eigenvalue weighted by atomic mass is 9.87. The molecule has 0 spiro atoms. The van der Waals surface area contributed by atoms with Gasteiger partial charge in [0.25, 0.3) is 0 Å². The molecule has 0 saturated carbocycles. The summed E-state index contributed by atoms with van der Waals surface area (Å²) in [6, 6.07) is 8.61. The van der Waals surface area contributed by atoms with Crippen LogP contribution in [0.5, 0.6) is 0 Å². The molecule has 1 aromatic rings. The van der Waals surface area contributed by atoms with Crippen molar-refractivity contribution in [1.29, 1.82) is 0 Å². The summed E-state index contributed by atoms with van der Waals surface area (Å²) in [5, 5.41) is 0. The Morgan fingerprint density at radius 1 is 0.739 bits per heavy atom. The third-order valence-corrected chi connectivity index (χ3v) is 6.38. The lowest BCUT2D eigenvalue weighted by Crippen LogP contribution is -2.21. The molecule has 2 heterocycles. The SMILES string of the molecule is CC(C)(C)C1=CC(=C2Sc3ccccc3S2)C=C(C(C)(C)C)O1. The quantitative estimate of drug-likeness (QED) is 0.502. The van der Waals surface area contributed by atoms with Crippen molar-refractivity contribution in [3.05, 3.63) is 57.7 Å². The number of rotatable bonds is 0. The minimum absolute atomic E-state index is 0.00262. The predicted octanol–water partition coefficient (Wildman–Crippen LogP) is 6.99. The molecule has 0 N–H and O–H groups in total. The first-order valence-electron chi connectivity index (χ1n) is 7.96. The van der Waals surface area contributed by atoms with Gasteiger partial charge in [0.1, 0.15) is 11.5 Å².